The summed E-state index contributed by atoms with van der Waals surface area (Å²) in [6, 6.07) is 18.5. The van der Waals surface area contributed by atoms with Crippen molar-refractivity contribution in [3.8, 4) is 23.5 Å². The van der Waals surface area contributed by atoms with Crippen LogP contribution in [0.25, 0.3) is 22.1 Å². The van der Waals surface area contributed by atoms with Crippen molar-refractivity contribution >= 4 is 28.1 Å². The fourth-order valence-corrected chi connectivity index (χ4v) is 5.42. The monoisotopic (exact) mass is 570 g/mol. The first-order chi connectivity index (χ1) is 21.0. The van der Waals surface area contributed by atoms with Gasteiger partial charge in [0.25, 0.3) is 17.5 Å². The van der Waals surface area contributed by atoms with Crippen LogP contribution in [0.5, 0.6) is 6.01 Å². The molecule has 1 amide bonds. The van der Waals surface area contributed by atoms with Gasteiger partial charge < -0.3 is 15.8 Å². The summed E-state index contributed by atoms with van der Waals surface area (Å²) in [6.45, 7) is 3.23. The molecule has 1 unspecified atom stereocenters. The number of amides is 1. The third-order valence-electron chi connectivity index (χ3n) is 7.43. The Labute approximate surface area is 245 Å². The largest absolute Gasteiger partial charge is 0.465 e. The zero-order valence-corrected chi connectivity index (χ0v) is 23.2. The second-order valence-electron chi connectivity index (χ2n) is 10.2. The average Bonchev–Trinajstić information content (AvgIpc) is 3.60. The summed E-state index contributed by atoms with van der Waals surface area (Å²) in [5, 5.41) is 8.38. The highest BCUT2D eigenvalue weighted by molar-refractivity contribution is 6.04. The maximum atomic E-state index is 14.3. The number of carbonyl (C=O) groups excluding carboxylic acids is 1. The number of imidazole rings is 1. The zero-order valence-electron chi connectivity index (χ0n) is 23.2. The van der Waals surface area contributed by atoms with E-state index in [0.717, 1.165) is 18.7 Å². The van der Waals surface area contributed by atoms with Crippen LogP contribution in [0.1, 0.15) is 46.7 Å². The Hall–Kier alpha value is -5.89. The predicted molar refractivity (Wildman–Crippen MR) is 161 cm³/mol. The van der Waals surface area contributed by atoms with Crippen LogP contribution < -0.4 is 21.3 Å². The van der Waals surface area contributed by atoms with Crippen molar-refractivity contribution < 1.29 is 9.53 Å². The molecule has 4 aromatic heterocycles. The highest BCUT2D eigenvalue weighted by Crippen LogP contribution is 2.25. The van der Waals surface area contributed by atoms with Gasteiger partial charge in [-0.05, 0) is 55.0 Å². The number of hydrogen-bond acceptors (Lipinski definition) is 7. The van der Waals surface area contributed by atoms with Crippen molar-refractivity contribution in [3.63, 3.8) is 0 Å². The number of para-hydroxylation sites is 1. The molecular weight excluding hydrogens is 544 g/mol. The minimum atomic E-state index is -0.587. The summed E-state index contributed by atoms with van der Waals surface area (Å²) < 4.78 is 10.6. The van der Waals surface area contributed by atoms with E-state index in [-0.39, 0.29) is 16.9 Å². The second-order valence-corrected chi connectivity index (χ2v) is 10.2. The first kappa shape index (κ1) is 26.0. The summed E-state index contributed by atoms with van der Waals surface area (Å²) in [4.78, 5) is 36.4. The number of nitrogens with zero attached hydrogens (tertiary/aromatic N) is 6. The van der Waals surface area contributed by atoms with Gasteiger partial charge in [0.05, 0.1) is 24.2 Å². The van der Waals surface area contributed by atoms with Crippen molar-refractivity contribution in [2.75, 3.05) is 12.3 Å². The van der Waals surface area contributed by atoms with Gasteiger partial charge in [-0.2, -0.15) is 0 Å². The van der Waals surface area contributed by atoms with Crippen molar-refractivity contribution in [3.05, 3.63) is 112 Å². The fourth-order valence-electron chi connectivity index (χ4n) is 5.42. The van der Waals surface area contributed by atoms with Gasteiger partial charge >= 0.3 is 0 Å². The lowest BCUT2D eigenvalue weighted by Crippen LogP contribution is -2.32. The zero-order chi connectivity index (χ0) is 29.5. The van der Waals surface area contributed by atoms with E-state index < -0.39 is 11.9 Å². The summed E-state index contributed by atoms with van der Waals surface area (Å²) in [7, 11) is 0. The smallest absolute Gasteiger partial charge is 0.297 e. The van der Waals surface area contributed by atoms with Crippen LogP contribution in [0, 0.1) is 11.8 Å². The van der Waals surface area contributed by atoms with Crippen LogP contribution in [0.15, 0.2) is 84.0 Å². The molecule has 2 aromatic carbocycles. The van der Waals surface area contributed by atoms with E-state index in [1.807, 2.05) is 66.1 Å². The molecule has 6 aromatic rings. The van der Waals surface area contributed by atoms with Gasteiger partial charge in [0.1, 0.15) is 11.3 Å². The van der Waals surface area contributed by atoms with Crippen molar-refractivity contribution in [1.82, 2.24) is 34.0 Å². The highest BCUT2D eigenvalue weighted by atomic mass is 16.5. The fraction of sp³-hybridized carbons (Fsp3) is 0.156. The van der Waals surface area contributed by atoms with Crippen LogP contribution in [0.3, 0.4) is 0 Å². The Morgan fingerprint density at radius 3 is 2.81 bits per heavy atom. The Kier molecular flexibility index (Phi) is 6.36. The Balaban J connectivity index is 1.33. The van der Waals surface area contributed by atoms with Gasteiger partial charge in [0, 0.05) is 35.9 Å². The standard InChI is InChI=1S/C32H26N8O3/c1-20(36-30(41)27-28(33)37-39-16-6-14-34-29(27)39)25-18-22-9-5-8-21(12-13-24-19-35-32-38(24)15-7-17-43-32)26(22)31(42)40(25)23-10-3-2-4-11-23/h2-6,8-11,14,16,18-20H,7,15,17H2,1H3,(H2,33,37)(H,36,41). The van der Waals surface area contributed by atoms with Gasteiger partial charge in [0.2, 0.25) is 0 Å². The quantitative estimate of drug-likeness (QED) is 0.310. The van der Waals surface area contributed by atoms with Gasteiger partial charge in [-0.15, -0.1) is 5.10 Å². The van der Waals surface area contributed by atoms with Crippen molar-refractivity contribution in [2.24, 2.45) is 0 Å². The van der Waals surface area contributed by atoms with E-state index in [9.17, 15) is 9.59 Å². The molecule has 212 valence electrons. The maximum absolute atomic E-state index is 14.3. The van der Waals surface area contributed by atoms with Crippen molar-refractivity contribution in [1.29, 1.82) is 0 Å². The molecule has 0 bridgehead atoms. The number of fused-ring (bicyclic) bond motifs is 3. The molecule has 5 heterocycles. The molecule has 0 saturated carbocycles. The number of rotatable bonds is 4. The van der Waals surface area contributed by atoms with Crippen LogP contribution in [-0.4, -0.2) is 41.2 Å². The SMILES string of the molecule is CC(NC(=O)c1c(N)nn2cccnc12)c1cc2cccc(C#Cc3cnc4n3CCCO4)c2c(=O)n1-c1ccccc1. The summed E-state index contributed by atoms with van der Waals surface area (Å²) in [5.41, 5.74) is 8.93. The first-order valence-electron chi connectivity index (χ1n) is 13.8. The molecule has 43 heavy (non-hydrogen) atoms. The molecule has 11 heteroatoms. The van der Waals surface area contributed by atoms with Crippen molar-refractivity contribution in [2.45, 2.75) is 25.9 Å². The predicted octanol–water partition coefficient (Wildman–Crippen LogP) is 3.49. The first-order valence-corrected chi connectivity index (χ1v) is 13.8. The van der Waals surface area contributed by atoms with Crippen LogP contribution in [-0.2, 0) is 6.54 Å². The number of aromatic nitrogens is 6. The number of nitrogen functional groups attached to an aromatic ring is 1. The van der Waals surface area contributed by atoms with Gasteiger partial charge in [-0.1, -0.05) is 36.3 Å². The molecule has 11 nitrogen and oxygen atoms in total. The molecule has 0 fully saturated rings. The maximum Gasteiger partial charge on any atom is 0.297 e. The number of ether oxygens (including phenoxy) is 1. The molecule has 7 rings (SSSR count). The molecule has 0 spiro atoms. The van der Waals surface area contributed by atoms with E-state index in [1.54, 1.807) is 29.2 Å². The lowest BCUT2D eigenvalue weighted by molar-refractivity contribution is 0.0941. The summed E-state index contributed by atoms with van der Waals surface area (Å²) in [6.07, 6.45) is 5.82. The minimum absolute atomic E-state index is 0.0663. The van der Waals surface area contributed by atoms with Gasteiger partial charge in [-0.25, -0.2) is 14.5 Å². The Morgan fingerprint density at radius 2 is 1.95 bits per heavy atom. The molecule has 0 saturated heterocycles. The number of nitrogens with one attached hydrogen (secondary N) is 1. The van der Waals surface area contributed by atoms with Crippen LogP contribution in [0.4, 0.5) is 5.82 Å². The Morgan fingerprint density at radius 1 is 1.09 bits per heavy atom. The number of anilines is 1. The van der Waals surface area contributed by atoms with E-state index in [1.165, 1.54) is 4.52 Å². The Bertz CT molecular complexity index is 2150. The van der Waals surface area contributed by atoms with Crippen LogP contribution in [0.2, 0.25) is 0 Å². The van der Waals surface area contributed by atoms with Crippen LogP contribution >= 0.6 is 0 Å². The molecule has 0 radical (unpaired) electrons. The normalized spacial score (nSPS) is 13.1. The number of carbonyl (C=O) groups is 1. The molecule has 1 aliphatic rings. The summed E-state index contributed by atoms with van der Waals surface area (Å²) >= 11 is 0. The molecule has 0 aliphatic carbocycles. The molecule has 3 N–H and O–H groups in total. The third kappa shape index (κ3) is 4.55. The van der Waals surface area contributed by atoms with E-state index in [0.29, 0.717) is 46.0 Å². The number of benzene rings is 2. The van der Waals surface area contributed by atoms with E-state index >= 15 is 0 Å². The third-order valence-corrected chi connectivity index (χ3v) is 7.43. The molecular formula is C32H26N8O3. The number of nitrogens with two attached hydrogens (primary N) is 1. The van der Waals surface area contributed by atoms with Gasteiger partial charge in [0.15, 0.2) is 11.5 Å². The lowest BCUT2D eigenvalue weighted by atomic mass is 10.0. The minimum Gasteiger partial charge on any atom is -0.465 e. The van der Waals surface area contributed by atoms with E-state index in [4.69, 9.17) is 10.5 Å². The highest BCUT2D eigenvalue weighted by Gasteiger charge is 2.24. The van der Waals surface area contributed by atoms with E-state index in [2.05, 4.69) is 32.2 Å². The topological polar surface area (TPSA) is 134 Å². The second kappa shape index (κ2) is 10.5. The molecule has 1 aliphatic heterocycles. The summed E-state index contributed by atoms with van der Waals surface area (Å²) in [5.74, 6) is 6.01. The number of hydrogen-bond donors (Lipinski definition) is 2. The average molecular weight is 571 g/mol. The lowest BCUT2D eigenvalue weighted by Gasteiger charge is -2.21. The van der Waals surface area contributed by atoms with Gasteiger partial charge in [-0.3, -0.25) is 18.7 Å². The molecule has 1 atom stereocenters. The number of pyridine rings is 1.